The summed E-state index contributed by atoms with van der Waals surface area (Å²) in [5, 5.41) is 3.04. The predicted octanol–water partition coefficient (Wildman–Crippen LogP) is 0.885. The molecule has 0 aromatic rings. The fourth-order valence-electron chi connectivity index (χ4n) is 6.17. The Morgan fingerprint density at radius 2 is 1.79 bits per heavy atom. The van der Waals surface area contributed by atoms with E-state index in [0.717, 1.165) is 32.6 Å². The van der Waals surface area contributed by atoms with Crippen LogP contribution in [-0.4, -0.2) is 91.0 Å². The third-order valence-electron chi connectivity index (χ3n) is 7.10. The largest absolute Gasteiger partial charge is 0.326 e. The molecule has 4 rings (SSSR count). The highest BCUT2D eigenvalue weighted by Crippen LogP contribution is 2.46. The lowest BCUT2D eigenvalue weighted by molar-refractivity contribution is -0.136. The van der Waals surface area contributed by atoms with Crippen molar-refractivity contribution in [3.05, 3.63) is 0 Å². The van der Waals surface area contributed by atoms with Crippen LogP contribution in [0.15, 0.2) is 0 Å². The Kier molecular flexibility index (Phi) is 5.23. The van der Waals surface area contributed by atoms with Crippen LogP contribution in [0.2, 0.25) is 0 Å². The molecular weight excluding hydrogens is 392 g/mol. The zero-order chi connectivity index (χ0) is 21.0. The number of hydrogen-bond donors (Lipinski definition) is 1. The van der Waals surface area contributed by atoms with Gasteiger partial charge in [-0.2, -0.15) is 0 Å². The zero-order valence-corrected chi connectivity index (χ0v) is 18.6. The summed E-state index contributed by atoms with van der Waals surface area (Å²) in [6.07, 6.45) is 3.18. The molecule has 1 spiro atoms. The monoisotopic (exact) mass is 426 g/mol. The summed E-state index contributed by atoms with van der Waals surface area (Å²) < 4.78 is 23.5. The van der Waals surface area contributed by atoms with Crippen LogP contribution >= 0.6 is 0 Å². The van der Waals surface area contributed by atoms with E-state index in [9.17, 15) is 18.0 Å². The third-order valence-corrected chi connectivity index (χ3v) is 8.85. The van der Waals surface area contributed by atoms with Crippen LogP contribution < -0.4 is 5.32 Å². The molecule has 164 valence electrons. The van der Waals surface area contributed by atoms with Gasteiger partial charge in [-0.05, 0) is 37.0 Å². The first kappa shape index (κ1) is 21.1. The summed E-state index contributed by atoms with van der Waals surface area (Å²) in [6.45, 7) is 9.86. The molecule has 1 N–H and O–H groups in total. The third kappa shape index (κ3) is 4.18. The molecule has 29 heavy (non-hydrogen) atoms. The van der Waals surface area contributed by atoms with Gasteiger partial charge in [0.2, 0.25) is 0 Å². The Morgan fingerprint density at radius 3 is 2.38 bits per heavy atom. The van der Waals surface area contributed by atoms with Crippen molar-refractivity contribution in [1.29, 1.82) is 0 Å². The van der Waals surface area contributed by atoms with Gasteiger partial charge in [-0.15, -0.1) is 0 Å². The molecule has 3 amide bonds. The average molecular weight is 427 g/mol. The van der Waals surface area contributed by atoms with E-state index < -0.39 is 15.4 Å². The number of carbonyl (C=O) groups is 2. The van der Waals surface area contributed by atoms with Gasteiger partial charge in [-0.1, -0.05) is 20.8 Å². The molecule has 0 aromatic heterocycles. The quantitative estimate of drug-likeness (QED) is 0.674. The van der Waals surface area contributed by atoms with Crippen LogP contribution in [0.4, 0.5) is 4.79 Å². The molecule has 1 aliphatic carbocycles. The Balaban J connectivity index is 1.36. The zero-order valence-electron chi connectivity index (χ0n) is 17.8. The van der Waals surface area contributed by atoms with Crippen LogP contribution in [0.1, 0.15) is 46.5 Å². The molecule has 4 aliphatic rings. The maximum atomic E-state index is 13.3. The smallest absolute Gasteiger partial charge is 0.323 e. The first-order valence-electron chi connectivity index (χ1n) is 10.8. The van der Waals surface area contributed by atoms with Gasteiger partial charge in [0.15, 0.2) is 9.84 Å². The van der Waals surface area contributed by atoms with Gasteiger partial charge in [0.05, 0.1) is 18.2 Å². The van der Waals surface area contributed by atoms with Crippen molar-refractivity contribution >= 4 is 21.8 Å². The highest BCUT2D eigenvalue weighted by atomic mass is 32.2. The van der Waals surface area contributed by atoms with Gasteiger partial charge < -0.3 is 5.32 Å². The van der Waals surface area contributed by atoms with Gasteiger partial charge >= 0.3 is 6.03 Å². The van der Waals surface area contributed by atoms with Crippen molar-refractivity contribution in [2.45, 2.75) is 58.0 Å². The van der Waals surface area contributed by atoms with E-state index in [4.69, 9.17) is 0 Å². The summed E-state index contributed by atoms with van der Waals surface area (Å²) in [7, 11) is -2.88. The normalized spacial score (nSPS) is 38.0. The van der Waals surface area contributed by atoms with E-state index in [2.05, 4.69) is 35.9 Å². The molecule has 1 saturated carbocycles. The number of hydrogen-bond acceptors (Lipinski definition) is 6. The molecule has 4 fully saturated rings. The van der Waals surface area contributed by atoms with Gasteiger partial charge in [-0.3, -0.25) is 14.6 Å². The minimum Gasteiger partial charge on any atom is -0.323 e. The summed E-state index contributed by atoms with van der Waals surface area (Å²) >= 11 is 0. The van der Waals surface area contributed by atoms with Crippen molar-refractivity contribution in [3.8, 4) is 0 Å². The number of amides is 3. The second-order valence-electron chi connectivity index (χ2n) is 10.5. The topological polar surface area (TPSA) is 90.0 Å². The van der Waals surface area contributed by atoms with Crippen LogP contribution in [0.3, 0.4) is 0 Å². The van der Waals surface area contributed by atoms with E-state index in [1.807, 2.05) is 0 Å². The van der Waals surface area contributed by atoms with Crippen LogP contribution in [0.5, 0.6) is 0 Å². The highest BCUT2D eigenvalue weighted by molar-refractivity contribution is 7.91. The van der Waals surface area contributed by atoms with Crippen molar-refractivity contribution in [2.75, 3.05) is 44.4 Å². The number of rotatable bonds is 3. The molecular formula is C20H34N4O4S. The molecule has 9 heteroatoms. The number of urea groups is 1. The lowest BCUT2D eigenvalue weighted by atomic mass is 9.64. The first-order valence-corrected chi connectivity index (χ1v) is 12.6. The lowest BCUT2D eigenvalue weighted by Gasteiger charge is -2.44. The standard InChI is InChI=1S/C20H34N4O4S/c1-15-10-19(2,3)13-20(11-15)17(25)24(18(26)21-20)14-22-5-7-23(8-6-22)16-4-9-29(27,28)12-16/h15-16H,4-14H2,1-3H3,(H,21,26). The van der Waals surface area contributed by atoms with Crippen molar-refractivity contribution in [3.63, 3.8) is 0 Å². The van der Waals surface area contributed by atoms with Gasteiger partial charge in [-0.25, -0.2) is 18.1 Å². The van der Waals surface area contributed by atoms with Crippen molar-refractivity contribution in [2.24, 2.45) is 11.3 Å². The van der Waals surface area contributed by atoms with Crippen LogP contribution in [-0.2, 0) is 14.6 Å². The molecule has 8 nitrogen and oxygen atoms in total. The molecule has 0 aromatic carbocycles. The van der Waals surface area contributed by atoms with E-state index in [1.165, 1.54) is 4.90 Å². The fourth-order valence-corrected chi connectivity index (χ4v) is 7.93. The summed E-state index contributed by atoms with van der Waals surface area (Å²) in [5.41, 5.74) is -0.720. The minimum atomic E-state index is -2.88. The SMILES string of the molecule is CC1CC(C)(C)CC2(C1)NC(=O)N(CN1CCN(C3CCS(=O)(=O)C3)CC1)C2=O. The Morgan fingerprint density at radius 1 is 1.10 bits per heavy atom. The molecule has 0 bridgehead atoms. The number of nitrogens with one attached hydrogen (secondary N) is 1. The second-order valence-corrected chi connectivity index (χ2v) is 12.7. The van der Waals surface area contributed by atoms with E-state index in [0.29, 0.717) is 31.8 Å². The molecule has 3 atom stereocenters. The molecule has 0 radical (unpaired) electrons. The maximum Gasteiger partial charge on any atom is 0.326 e. The first-order chi connectivity index (χ1) is 13.5. The van der Waals surface area contributed by atoms with E-state index >= 15 is 0 Å². The predicted molar refractivity (Wildman–Crippen MR) is 110 cm³/mol. The average Bonchev–Trinajstić information content (AvgIpc) is 3.06. The number of sulfone groups is 1. The summed E-state index contributed by atoms with van der Waals surface area (Å²) in [6, 6.07) is -0.155. The fraction of sp³-hybridized carbons (Fsp3) is 0.900. The number of imide groups is 1. The van der Waals surface area contributed by atoms with Gasteiger partial charge in [0.1, 0.15) is 5.54 Å². The molecule has 3 aliphatic heterocycles. The number of carbonyl (C=O) groups excluding carboxylic acids is 2. The van der Waals surface area contributed by atoms with Gasteiger partial charge in [0, 0.05) is 32.2 Å². The second kappa shape index (κ2) is 7.20. The molecule has 3 unspecified atom stereocenters. The minimum absolute atomic E-state index is 0.0316. The number of nitrogens with zero attached hydrogens (tertiary/aromatic N) is 3. The van der Waals surface area contributed by atoms with Crippen molar-refractivity contribution in [1.82, 2.24) is 20.0 Å². The van der Waals surface area contributed by atoms with Crippen molar-refractivity contribution < 1.29 is 18.0 Å². The Bertz CT molecular complexity index is 790. The maximum absolute atomic E-state index is 13.3. The van der Waals surface area contributed by atoms with Crippen LogP contribution in [0.25, 0.3) is 0 Å². The van der Waals surface area contributed by atoms with E-state index in [-0.39, 0.29) is 34.9 Å². The summed E-state index contributed by atoms with van der Waals surface area (Å²) in [4.78, 5) is 31.7. The summed E-state index contributed by atoms with van der Waals surface area (Å²) in [5.74, 6) is 0.869. The van der Waals surface area contributed by atoms with Gasteiger partial charge in [0.25, 0.3) is 5.91 Å². The Labute approximate surface area is 173 Å². The molecule has 3 saturated heterocycles. The highest BCUT2D eigenvalue weighted by Gasteiger charge is 2.56. The lowest BCUT2D eigenvalue weighted by Crippen LogP contribution is -2.55. The molecule has 3 heterocycles. The van der Waals surface area contributed by atoms with Crippen LogP contribution in [0, 0.1) is 11.3 Å². The van der Waals surface area contributed by atoms with E-state index in [1.54, 1.807) is 0 Å². The number of piperazine rings is 1. The Hall–Kier alpha value is -1.19.